The van der Waals surface area contributed by atoms with E-state index in [1.165, 1.54) is 12.1 Å². The molecule has 1 aliphatic rings. The zero-order valence-corrected chi connectivity index (χ0v) is 13.9. The molecule has 2 aromatic carbocycles. The molecule has 0 saturated carbocycles. The van der Waals surface area contributed by atoms with Crippen LogP contribution in [0.25, 0.3) is 0 Å². The number of amides is 1. The Bertz CT molecular complexity index is 792. The summed E-state index contributed by atoms with van der Waals surface area (Å²) in [6.45, 7) is 0.466. The lowest BCUT2D eigenvalue weighted by Gasteiger charge is -2.30. The molecule has 0 saturated heterocycles. The predicted molar refractivity (Wildman–Crippen MR) is 90.6 cm³/mol. The quantitative estimate of drug-likeness (QED) is 0.781. The van der Waals surface area contributed by atoms with Crippen LogP contribution in [-0.2, 0) is 19.1 Å². The van der Waals surface area contributed by atoms with E-state index in [2.05, 4.69) is 10.6 Å². The first-order valence-corrected chi connectivity index (χ1v) is 8.29. The third-order valence-corrected chi connectivity index (χ3v) is 4.53. The van der Waals surface area contributed by atoms with E-state index >= 15 is 0 Å². The number of hydrogen-bond acceptors (Lipinski definition) is 3. The van der Waals surface area contributed by atoms with Gasteiger partial charge in [-0.3, -0.25) is 4.79 Å². The van der Waals surface area contributed by atoms with Crippen LogP contribution in [-0.4, -0.2) is 29.7 Å². The lowest BCUT2D eigenvalue weighted by atomic mass is 9.93. The van der Waals surface area contributed by atoms with E-state index in [9.17, 15) is 23.1 Å². The minimum absolute atomic E-state index is 0.134. The molecule has 138 valence electrons. The minimum atomic E-state index is -4.61. The maximum absolute atomic E-state index is 13.0. The summed E-state index contributed by atoms with van der Waals surface area (Å²) in [5.74, 6) is -0.854. The van der Waals surface area contributed by atoms with Gasteiger partial charge in [0.15, 0.2) is 0 Å². The second-order valence-electron chi connectivity index (χ2n) is 6.28. The SMILES string of the molecule is O=C(NC[C@@H](O)[C@@H]1Cc2ccccc2CN1)c1ccccc1C(F)(F)F. The summed E-state index contributed by atoms with van der Waals surface area (Å²) in [7, 11) is 0. The van der Waals surface area contributed by atoms with Gasteiger partial charge in [0, 0.05) is 19.1 Å². The molecule has 1 amide bonds. The lowest BCUT2D eigenvalue weighted by Crippen LogP contribution is -2.49. The molecule has 0 bridgehead atoms. The Morgan fingerprint density at radius 1 is 1.15 bits per heavy atom. The van der Waals surface area contributed by atoms with Crippen molar-refractivity contribution in [3.8, 4) is 0 Å². The Labute approximate surface area is 149 Å². The molecule has 0 unspecified atom stereocenters. The first-order valence-electron chi connectivity index (χ1n) is 8.29. The average molecular weight is 364 g/mol. The zero-order chi connectivity index (χ0) is 18.7. The topological polar surface area (TPSA) is 61.4 Å². The Hall–Kier alpha value is -2.38. The number of hydrogen-bond donors (Lipinski definition) is 3. The Kier molecular flexibility index (Phi) is 5.29. The van der Waals surface area contributed by atoms with E-state index < -0.39 is 29.3 Å². The van der Waals surface area contributed by atoms with Gasteiger partial charge in [0.1, 0.15) is 0 Å². The van der Waals surface area contributed by atoms with Crippen molar-refractivity contribution in [1.29, 1.82) is 0 Å². The van der Waals surface area contributed by atoms with Crippen molar-refractivity contribution >= 4 is 5.91 Å². The number of rotatable bonds is 4. The van der Waals surface area contributed by atoms with Crippen LogP contribution in [0.15, 0.2) is 48.5 Å². The molecule has 2 aromatic rings. The summed E-state index contributed by atoms with van der Waals surface area (Å²) in [6, 6.07) is 12.2. The highest BCUT2D eigenvalue weighted by Gasteiger charge is 2.35. The smallest absolute Gasteiger partial charge is 0.390 e. The Morgan fingerprint density at radius 2 is 1.81 bits per heavy atom. The van der Waals surface area contributed by atoms with Crippen molar-refractivity contribution in [1.82, 2.24) is 10.6 Å². The van der Waals surface area contributed by atoms with Crippen molar-refractivity contribution in [2.75, 3.05) is 6.54 Å². The summed E-state index contributed by atoms with van der Waals surface area (Å²) >= 11 is 0. The fourth-order valence-electron chi connectivity index (χ4n) is 3.11. The van der Waals surface area contributed by atoms with Crippen molar-refractivity contribution < 1.29 is 23.1 Å². The average Bonchev–Trinajstić information content (AvgIpc) is 2.64. The number of aliphatic hydroxyl groups excluding tert-OH is 1. The molecule has 0 spiro atoms. The van der Waals surface area contributed by atoms with Gasteiger partial charge in [0.05, 0.1) is 17.2 Å². The van der Waals surface area contributed by atoms with Gasteiger partial charge >= 0.3 is 6.18 Å². The molecule has 0 radical (unpaired) electrons. The van der Waals surface area contributed by atoms with Crippen molar-refractivity contribution in [2.45, 2.75) is 31.3 Å². The van der Waals surface area contributed by atoms with Crippen LogP contribution in [0.2, 0.25) is 0 Å². The molecule has 4 nitrogen and oxygen atoms in total. The second kappa shape index (κ2) is 7.47. The summed E-state index contributed by atoms with van der Waals surface area (Å²) < 4.78 is 39.0. The van der Waals surface area contributed by atoms with Crippen LogP contribution in [0.3, 0.4) is 0 Å². The molecule has 3 N–H and O–H groups in total. The number of aliphatic hydroxyl groups is 1. The first kappa shape index (κ1) is 18.4. The molecule has 0 aliphatic carbocycles. The van der Waals surface area contributed by atoms with Crippen LogP contribution >= 0.6 is 0 Å². The van der Waals surface area contributed by atoms with E-state index in [-0.39, 0.29) is 12.6 Å². The monoisotopic (exact) mass is 364 g/mol. The number of carbonyl (C=O) groups is 1. The molecule has 0 fully saturated rings. The van der Waals surface area contributed by atoms with Crippen LogP contribution in [0, 0.1) is 0 Å². The van der Waals surface area contributed by atoms with Gasteiger partial charge in [-0.05, 0) is 29.7 Å². The van der Waals surface area contributed by atoms with E-state index in [1.807, 2.05) is 24.3 Å². The number of benzene rings is 2. The van der Waals surface area contributed by atoms with E-state index in [0.717, 1.165) is 23.3 Å². The highest BCUT2D eigenvalue weighted by molar-refractivity contribution is 5.95. The highest BCUT2D eigenvalue weighted by atomic mass is 19.4. The third-order valence-electron chi connectivity index (χ3n) is 4.53. The first-order chi connectivity index (χ1) is 12.4. The summed E-state index contributed by atoms with van der Waals surface area (Å²) in [5.41, 5.74) is 0.828. The molecule has 1 heterocycles. The molecule has 3 rings (SSSR count). The highest BCUT2D eigenvalue weighted by Crippen LogP contribution is 2.31. The molecule has 1 aliphatic heterocycles. The standard InChI is InChI=1S/C19H19F3N2O2/c20-19(21,22)15-8-4-3-7-14(15)18(26)24-11-17(25)16-9-12-5-1-2-6-13(12)10-23-16/h1-8,16-17,23,25H,9-11H2,(H,24,26)/t16-,17+/m0/s1. The van der Waals surface area contributed by atoms with Crippen molar-refractivity contribution in [3.63, 3.8) is 0 Å². The van der Waals surface area contributed by atoms with E-state index in [4.69, 9.17) is 0 Å². The third kappa shape index (κ3) is 4.05. The normalized spacial score (nSPS) is 18.1. The van der Waals surface area contributed by atoms with Gasteiger partial charge in [-0.25, -0.2) is 0 Å². The van der Waals surface area contributed by atoms with Crippen LogP contribution in [0.4, 0.5) is 13.2 Å². The van der Waals surface area contributed by atoms with Crippen molar-refractivity contribution in [2.24, 2.45) is 0 Å². The van der Waals surface area contributed by atoms with Gasteiger partial charge in [-0.15, -0.1) is 0 Å². The van der Waals surface area contributed by atoms with Crippen LogP contribution in [0.5, 0.6) is 0 Å². The predicted octanol–water partition coefficient (Wildman–Crippen LogP) is 2.51. The van der Waals surface area contributed by atoms with E-state index in [1.54, 1.807) is 0 Å². The van der Waals surface area contributed by atoms with Gasteiger partial charge in [-0.2, -0.15) is 13.2 Å². The maximum atomic E-state index is 13.0. The van der Waals surface area contributed by atoms with Crippen LogP contribution < -0.4 is 10.6 Å². The Balaban J connectivity index is 1.62. The zero-order valence-electron chi connectivity index (χ0n) is 13.9. The van der Waals surface area contributed by atoms with Gasteiger partial charge in [0.2, 0.25) is 0 Å². The largest absolute Gasteiger partial charge is 0.417 e. The number of carbonyl (C=O) groups excluding carboxylic acids is 1. The summed E-state index contributed by atoms with van der Waals surface area (Å²) in [5, 5.41) is 15.9. The van der Waals surface area contributed by atoms with Gasteiger partial charge in [0.25, 0.3) is 5.91 Å². The number of alkyl halides is 3. The van der Waals surface area contributed by atoms with Gasteiger partial charge in [-0.1, -0.05) is 36.4 Å². The molecule has 26 heavy (non-hydrogen) atoms. The molecule has 2 atom stereocenters. The molecule has 0 aromatic heterocycles. The van der Waals surface area contributed by atoms with Gasteiger partial charge < -0.3 is 15.7 Å². The number of fused-ring (bicyclic) bond motifs is 1. The maximum Gasteiger partial charge on any atom is 0.417 e. The molecule has 7 heteroatoms. The fourth-order valence-corrected chi connectivity index (χ4v) is 3.11. The van der Waals surface area contributed by atoms with Crippen LogP contribution in [0.1, 0.15) is 27.0 Å². The second-order valence-corrected chi connectivity index (χ2v) is 6.28. The molecular weight excluding hydrogens is 345 g/mol. The number of halogens is 3. The molecular formula is C19H19F3N2O2. The summed E-state index contributed by atoms with van der Waals surface area (Å²) in [6.07, 6.45) is -4.93. The minimum Gasteiger partial charge on any atom is -0.390 e. The summed E-state index contributed by atoms with van der Waals surface area (Å²) in [4.78, 5) is 12.2. The number of nitrogens with one attached hydrogen (secondary N) is 2. The fraction of sp³-hybridized carbons (Fsp3) is 0.316. The Morgan fingerprint density at radius 3 is 2.54 bits per heavy atom. The van der Waals surface area contributed by atoms with E-state index in [0.29, 0.717) is 13.0 Å². The lowest BCUT2D eigenvalue weighted by molar-refractivity contribution is -0.137. The van der Waals surface area contributed by atoms with Crippen molar-refractivity contribution in [3.05, 3.63) is 70.8 Å².